The Balaban J connectivity index is 2.10. The molecule has 2 rings (SSSR count). The summed E-state index contributed by atoms with van der Waals surface area (Å²) >= 11 is 6.73. The third kappa shape index (κ3) is 4.07. The number of amides is 1. The van der Waals surface area contributed by atoms with Crippen molar-refractivity contribution in [2.45, 2.75) is 10.8 Å². The van der Waals surface area contributed by atoms with Gasteiger partial charge in [0.15, 0.2) is 0 Å². The molecule has 8 heteroatoms. The van der Waals surface area contributed by atoms with Gasteiger partial charge in [0.2, 0.25) is 10.0 Å². The Labute approximate surface area is 138 Å². The number of nitrogens with zero attached hydrogens (tertiary/aromatic N) is 1. The molecule has 5 nitrogen and oxygen atoms in total. The number of thiophene rings is 1. The van der Waals surface area contributed by atoms with Gasteiger partial charge in [-0.2, -0.15) is 0 Å². The van der Waals surface area contributed by atoms with Crippen LogP contribution in [0, 0.1) is 0 Å². The normalized spacial score (nSPS) is 11.4. The molecule has 0 aliphatic carbocycles. The first-order chi connectivity index (χ1) is 10.3. The maximum Gasteiger partial charge on any atom is 0.263 e. The highest BCUT2D eigenvalue weighted by molar-refractivity contribution is 7.91. The zero-order valence-electron chi connectivity index (χ0n) is 12.0. The van der Waals surface area contributed by atoms with Gasteiger partial charge in [-0.3, -0.25) is 4.79 Å². The van der Waals surface area contributed by atoms with E-state index in [4.69, 9.17) is 11.6 Å². The van der Waals surface area contributed by atoms with E-state index in [0.717, 1.165) is 16.9 Å². The summed E-state index contributed by atoms with van der Waals surface area (Å²) in [7, 11) is -0.402. The van der Waals surface area contributed by atoms with Crippen LogP contribution in [0.5, 0.6) is 0 Å². The summed E-state index contributed by atoms with van der Waals surface area (Å²) in [5.41, 5.74) is 0.800. The highest BCUT2D eigenvalue weighted by Gasteiger charge is 2.19. The van der Waals surface area contributed by atoms with Crippen LogP contribution >= 0.6 is 22.9 Å². The van der Waals surface area contributed by atoms with E-state index in [1.807, 2.05) is 0 Å². The van der Waals surface area contributed by atoms with E-state index >= 15 is 0 Å². The van der Waals surface area contributed by atoms with Crippen LogP contribution in [0.1, 0.15) is 15.2 Å². The van der Waals surface area contributed by atoms with Gasteiger partial charge in [-0.15, -0.1) is 11.3 Å². The Morgan fingerprint density at radius 3 is 2.41 bits per heavy atom. The molecule has 0 saturated carbocycles. The van der Waals surface area contributed by atoms with Gasteiger partial charge in [-0.1, -0.05) is 23.7 Å². The first-order valence-corrected chi connectivity index (χ1v) is 9.03. The predicted octanol–water partition coefficient (Wildman–Crippen LogP) is 2.58. The van der Waals surface area contributed by atoms with Crippen LogP contribution in [0.3, 0.4) is 0 Å². The maximum absolute atomic E-state index is 12.2. The molecule has 22 heavy (non-hydrogen) atoms. The van der Waals surface area contributed by atoms with Crippen molar-refractivity contribution in [3.8, 4) is 0 Å². The van der Waals surface area contributed by atoms with E-state index < -0.39 is 10.0 Å². The fourth-order valence-electron chi connectivity index (χ4n) is 1.65. The SMILES string of the molecule is CN(C)C(=O)c1ccc(S(=O)(=O)NCc2ccc(Cl)cc2)s1. The van der Waals surface area contributed by atoms with E-state index in [0.29, 0.717) is 9.90 Å². The Morgan fingerprint density at radius 1 is 1.18 bits per heavy atom. The Bertz CT molecular complexity index is 768. The van der Waals surface area contributed by atoms with E-state index in [1.54, 1.807) is 38.4 Å². The first kappa shape index (κ1) is 17.0. The second kappa shape index (κ2) is 6.78. The quantitative estimate of drug-likeness (QED) is 0.893. The van der Waals surface area contributed by atoms with E-state index in [9.17, 15) is 13.2 Å². The number of carbonyl (C=O) groups excluding carboxylic acids is 1. The third-order valence-corrected chi connectivity index (χ3v) is 6.06. The van der Waals surface area contributed by atoms with E-state index in [2.05, 4.69) is 4.72 Å². The van der Waals surface area contributed by atoms with Crippen LogP contribution < -0.4 is 4.72 Å². The zero-order valence-corrected chi connectivity index (χ0v) is 14.4. The summed E-state index contributed by atoms with van der Waals surface area (Å²) in [5.74, 6) is -0.218. The van der Waals surface area contributed by atoms with Gasteiger partial charge in [0.25, 0.3) is 5.91 Å². The Hall–Kier alpha value is -1.41. The molecule has 1 aromatic heterocycles. The van der Waals surface area contributed by atoms with Crippen LogP contribution in [0.2, 0.25) is 5.02 Å². The number of nitrogens with one attached hydrogen (secondary N) is 1. The number of hydrogen-bond donors (Lipinski definition) is 1. The summed E-state index contributed by atoms with van der Waals surface area (Å²) in [6.07, 6.45) is 0. The highest BCUT2D eigenvalue weighted by atomic mass is 35.5. The molecule has 0 aliphatic rings. The fourth-order valence-corrected chi connectivity index (χ4v) is 4.17. The summed E-state index contributed by atoms with van der Waals surface area (Å²) in [4.78, 5) is 13.6. The molecule has 0 bridgehead atoms. The van der Waals surface area contributed by atoms with Crippen LogP contribution in [-0.4, -0.2) is 33.3 Å². The molecule has 1 aromatic carbocycles. The number of rotatable bonds is 5. The minimum absolute atomic E-state index is 0.117. The van der Waals surface area contributed by atoms with Crippen LogP contribution in [0.25, 0.3) is 0 Å². The van der Waals surface area contributed by atoms with Crippen molar-refractivity contribution >= 4 is 38.9 Å². The van der Waals surface area contributed by atoms with Crippen molar-refractivity contribution in [1.29, 1.82) is 0 Å². The third-order valence-electron chi connectivity index (χ3n) is 2.84. The lowest BCUT2D eigenvalue weighted by Crippen LogP contribution is -2.22. The zero-order chi connectivity index (χ0) is 16.3. The second-order valence-electron chi connectivity index (χ2n) is 4.77. The highest BCUT2D eigenvalue weighted by Crippen LogP contribution is 2.22. The molecule has 118 valence electrons. The minimum Gasteiger partial charge on any atom is -0.344 e. The number of hydrogen-bond acceptors (Lipinski definition) is 4. The fraction of sp³-hybridized carbons (Fsp3) is 0.214. The minimum atomic E-state index is -3.64. The monoisotopic (exact) mass is 358 g/mol. The summed E-state index contributed by atoms with van der Waals surface area (Å²) in [6, 6.07) is 9.85. The molecule has 1 amide bonds. The first-order valence-electron chi connectivity index (χ1n) is 6.35. The van der Waals surface area contributed by atoms with Crippen molar-refractivity contribution < 1.29 is 13.2 Å². The standard InChI is InChI=1S/C14H15ClN2O3S2/c1-17(2)14(18)12-7-8-13(21-12)22(19,20)16-9-10-3-5-11(15)6-4-10/h3-8,16H,9H2,1-2H3. The largest absolute Gasteiger partial charge is 0.344 e. The van der Waals surface area contributed by atoms with Crippen molar-refractivity contribution in [1.82, 2.24) is 9.62 Å². The van der Waals surface area contributed by atoms with Crippen LogP contribution in [0.4, 0.5) is 0 Å². The molecule has 0 saturated heterocycles. The van der Waals surface area contributed by atoms with Gasteiger partial charge in [-0.05, 0) is 29.8 Å². The lowest BCUT2D eigenvalue weighted by Gasteiger charge is -2.07. The summed E-state index contributed by atoms with van der Waals surface area (Å²) < 4.78 is 27.1. The molecule has 0 spiro atoms. The second-order valence-corrected chi connectivity index (χ2v) is 8.28. The topological polar surface area (TPSA) is 66.5 Å². The van der Waals surface area contributed by atoms with E-state index in [1.165, 1.54) is 17.0 Å². The number of sulfonamides is 1. The molecule has 0 atom stereocenters. The molecular formula is C14H15ClN2O3S2. The Kier molecular flexibility index (Phi) is 5.23. The molecule has 1 heterocycles. The molecule has 0 unspecified atom stereocenters. The maximum atomic E-state index is 12.2. The van der Waals surface area contributed by atoms with Crippen molar-refractivity contribution in [2.24, 2.45) is 0 Å². The molecule has 0 aliphatic heterocycles. The average molecular weight is 359 g/mol. The van der Waals surface area contributed by atoms with Gasteiger partial charge >= 0.3 is 0 Å². The van der Waals surface area contributed by atoms with Gasteiger partial charge in [0.05, 0.1) is 4.88 Å². The Morgan fingerprint density at radius 2 is 1.82 bits per heavy atom. The number of carbonyl (C=O) groups is 1. The van der Waals surface area contributed by atoms with Gasteiger partial charge in [0, 0.05) is 25.7 Å². The van der Waals surface area contributed by atoms with Gasteiger partial charge in [-0.25, -0.2) is 13.1 Å². The predicted molar refractivity (Wildman–Crippen MR) is 87.8 cm³/mol. The number of halogens is 1. The molecular weight excluding hydrogens is 344 g/mol. The summed E-state index contributed by atoms with van der Waals surface area (Å²) in [5, 5.41) is 0.594. The van der Waals surface area contributed by atoms with Crippen LogP contribution in [0.15, 0.2) is 40.6 Å². The summed E-state index contributed by atoms with van der Waals surface area (Å²) in [6.45, 7) is 0.161. The van der Waals surface area contributed by atoms with E-state index in [-0.39, 0.29) is 16.7 Å². The van der Waals surface area contributed by atoms with Crippen molar-refractivity contribution in [3.63, 3.8) is 0 Å². The van der Waals surface area contributed by atoms with Crippen molar-refractivity contribution in [2.75, 3.05) is 14.1 Å². The molecule has 0 radical (unpaired) electrons. The van der Waals surface area contributed by atoms with Gasteiger partial charge < -0.3 is 4.90 Å². The smallest absolute Gasteiger partial charge is 0.263 e. The average Bonchev–Trinajstić information content (AvgIpc) is 2.96. The lowest BCUT2D eigenvalue weighted by atomic mass is 10.2. The van der Waals surface area contributed by atoms with Crippen LogP contribution in [-0.2, 0) is 16.6 Å². The molecule has 0 fully saturated rings. The lowest BCUT2D eigenvalue weighted by molar-refractivity contribution is 0.0832. The molecule has 2 aromatic rings. The number of benzene rings is 1. The molecule has 1 N–H and O–H groups in total. The van der Waals surface area contributed by atoms with Crippen molar-refractivity contribution in [3.05, 3.63) is 51.9 Å². The van der Waals surface area contributed by atoms with Gasteiger partial charge in [0.1, 0.15) is 4.21 Å².